The second-order valence-electron chi connectivity index (χ2n) is 4.70. The minimum absolute atomic E-state index is 0.207. The van der Waals surface area contributed by atoms with Crippen molar-refractivity contribution in [2.24, 2.45) is 4.99 Å². The molecule has 0 atom stereocenters. The normalized spacial score (nSPS) is 15.6. The Morgan fingerprint density at radius 1 is 1.14 bits per heavy atom. The standard InChI is InChI=1S/C17H13BrN2O2/c1-22-12-8-6-11(7-9-12)10-15-17(21)20-16(19-15)13-4-2-3-5-14(13)18/h2-10H,1H3,(H,19,20,21). The van der Waals surface area contributed by atoms with E-state index >= 15 is 0 Å². The molecule has 5 heteroatoms. The fourth-order valence-corrected chi connectivity index (χ4v) is 2.58. The number of rotatable bonds is 3. The van der Waals surface area contributed by atoms with Crippen molar-refractivity contribution >= 4 is 33.7 Å². The Labute approximate surface area is 136 Å². The largest absolute Gasteiger partial charge is 0.497 e. The molecule has 0 spiro atoms. The Kier molecular flexibility index (Phi) is 4.06. The van der Waals surface area contributed by atoms with E-state index in [-0.39, 0.29) is 5.91 Å². The van der Waals surface area contributed by atoms with Crippen molar-refractivity contribution in [2.45, 2.75) is 0 Å². The van der Waals surface area contributed by atoms with Gasteiger partial charge < -0.3 is 10.1 Å². The van der Waals surface area contributed by atoms with Crippen LogP contribution in [0.5, 0.6) is 5.75 Å². The van der Waals surface area contributed by atoms with E-state index in [1.807, 2.05) is 48.5 Å². The number of aliphatic imine (C=N–C) groups is 1. The lowest BCUT2D eigenvalue weighted by molar-refractivity contribution is -0.115. The molecule has 2 aromatic rings. The van der Waals surface area contributed by atoms with E-state index in [0.717, 1.165) is 21.3 Å². The van der Waals surface area contributed by atoms with Crippen LogP contribution in [0.25, 0.3) is 6.08 Å². The highest BCUT2D eigenvalue weighted by Gasteiger charge is 2.22. The van der Waals surface area contributed by atoms with Crippen LogP contribution < -0.4 is 10.1 Å². The molecule has 1 aliphatic rings. The monoisotopic (exact) mass is 356 g/mol. The van der Waals surface area contributed by atoms with E-state index in [4.69, 9.17) is 4.74 Å². The van der Waals surface area contributed by atoms with E-state index in [2.05, 4.69) is 26.2 Å². The molecular weight excluding hydrogens is 344 g/mol. The van der Waals surface area contributed by atoms with Crippen LogP contribution in [-0.2, 0) is 4.79 Å². The number of carbonyl (C=O) groups excluding carboxylic acids is 1. The maximum Gasteiger partial charge on any atom is 0.275 e. The Bertz CT molecular complexity index is 780. The van der Waals surface area contributed by atoms with Crippen molar-refractivity contribution in [1.29, 1.82) is 0 Å². The highest BCUT2D eigenvalue weighted by atomic mass is 79.9. The SMILES string of the molecule is COc1ccc(C=C2N=C(c3ccccc3Br)NC2=O)cc1. The lowest BCUT2D eigenvalue weighted by atomic mass is 10.2. The molecule has 0 saturated heterocycles. The van der Waals surface area contributed by atoms with Gasteiger partial charge in [0.25, 0.3) is 5.91 Å². The number of hydrogen-bond acceptors (Lipinski definition) is 3. The Morgan fingerprint density at radius 2 is 1.86 bits per heavy atom. The molecule has 2 aromatic carbocycles. The molecule has 0 saturated carbocycles. The predicted molar refractivity (Wildman–Crippen MR) is 89.8 cm³/mol. The molecule has 22 heavy (non-hydrogen) atoms. The molecule has 1 aliphatic heterocycles. The summed E-state index contributed by atoms with van der Waals surface area (Å²) >= 11 is 3.46. The molecule has 4 nitrogen and oxygen atoms in total. The quantitative estimate of drug-likeness (QED) is 0.857. The van der Waals surface area contributed by atoms with Gasteiger partial charge in [-0.1, -0.05) is 46.3 Å². The summed E-state index contributed by atoms with van der Waals surface area (Å²) < 4.78 is 6.00. The van der Waals surface area contributed by atoms with E-state index in [1.165, 1.54) is 0 Å². The number of methoxy groups -OCH3 is 1. The van der Waals surface area contributed by atoms with Crippen molar-refractivity contribution in [3.05, 3.63) is 69.8 Å². The van der Waals surface area contributed by atoms with Gasteiger partial charge in [0.2, 0.25) is 0 Å². The van der Waals surface area contributed by atoms with Gasteiger partial charge in [0.05, 0.1) is 7.11 Å². The minimum Gasteiger partial charge on any atom is -0.497 e. The molecule has 3 rings (SSSR count). The maximum atomic E-state index is 12.1. The third kappa shape index (κ3) is 2.94. The summed E-state index contributed by atoms with van der Waals surface area (Å²) in [6, 6.07) is 15.1. The maximum absolute atomic E-state index is 12.1. The van der Waals surface area contributed by atoms with Gasteiger partial charge >= 0.3 is 0 Å². The second kappa shape index (κ2) is 6.15. The van der Waals surface area contributed by atoms with Crippen molar-refractivity contribution in [3.63, 3.8) is 0 Å². The minimum atomic E-state index is -0.207. The number of nitrogens with one attached hydrogen (secondary N) is 1. The van der Waals surface area contributed by atoms with Crippen LogP contribution in [-0.4, -0.2) is 18.9 Å². The highest BCUT2D eigenvalue weighted by molar-refractivity contribution is 9.10. The molecule has 0 bridgehead atoms. The van der Waals surface area contributed by atoms with Crippen LogP contribution in [0.2, 0.25) is 0 Å². The van der Waals surface area contributed by atoms with Gasteiger partial charge in [-0.2, -0.15) is 0 Å². The summed E-state index contributed by atoms with van der Waals surface area (Å²) in [6.07, 6.45) is 1.75. The summed E-state index contributed by atoms with van der Waals surface area (Å²) in [6.45, 7) is 0. The highest BCUT2D eigenvalue weighted by Crippen LogP contribution is 2.21. The third-order valence-electron chi connectivity index (χ3n) is 3.24. The van der Waals surface area contributed by atoms with E-state index in [0.29, 0.717) is 11.5 Å². The van der Waals surface area contributed by atoms with Crippen LogP contribution in [0.15, 0.2) is 63.7 Å². The van der Waals surface area contributed by atoms with Crippen molar-refractivity contribution in [2.75, 3.05) is 7.11 Å². The molecule has 0 aliphatic carbocycles. The van der Waals surface area contributed by atoms with Crippen molar-refractivity contribution in [3.8, 4) is 5.75 Å². The molecule has 0 unspecified atom stereocenters. The number of amides is 1. The first-order valence-corrected chi connectivity index (χ1v) is 7.47. The molecule has 0 radical (unpaired) electrons. The van der Waals surface area contributed by atoms with Gasteiger partial charge in [-0.25, -0.2) is 4.99 Å². The number of ether oxygens (including phenoxy) is 1. The summed E-state index contributed by atoms with van der Waals surface area (Å²) in [5, 5.41) is 2.79. The van der Waals surface area contributed by atoms with E-state index in [9.17, 15) is 4.79 Å². The zero-order valence-corrected chi connectivity index (χ0v) is 13.4. The molecule has 1 N–H and O–H groups in total. The number of halogens is 1. The van der Waals surface area contributed by atoms with Gasteiger partial charge in [0, 0.05) is 10.0 Å². The van der Waals surface area contributed by atoms with E-state index in [1.54, 1.807) is 13.2 Å². The average molecular weight is 357 g/mol. The first-order valence-electron chi connectivity index (χ1n) is 6.68. The number of carbonyl (C=O) groups is 1. The molecule has 1 amide bonds. The fraction of sp³-hybridized carbons (Fsp3) is 0.0588. The van der Waals surface area contributed by atoms with Crippen molar-refractivity contribution in [1.82, 2.24) is 5.32 Å². The summed E-state index contributed by atoms with van der Waals surface area (Å²) in [7, 11) is 1.62. The number of benzene rings is 2. The molecular formula is C17H13BrN2O2. The number of amidine groups is 1. The molecule has 110 valence electrons. The molecule has 1 heterocycles. The first-order chi connectivity index (χ1) is 10.7. The smallest absolute Gasteiger partial charge is 0.275 e. The van der Waals surface area contributed by atoms with Gasteiger partial charge in [-0.05, 0) is 29.8 Å². The fourth-order valence-electron chi connectivity index (χ4n) is 2.11. The summed E-state index contributed by atoms with van der Waals surface area (Å²) in [5.74, 6) is 1.12. The van der Waals surface area contributed by atoms with Crippen LogP contribution in [0.4, 0.5) is 0 Å². The first kappa shape index (κ1) is 14.5. The van der Waals surface area contributed by atoms with Crippen LogP contribution >= 0.6 is 15.9 Å². The van der Waals surface area contributed by atoms with Gasteiger partial charge in [0.1, 0.15) is 17.3 Å². The summed E-state index contributed by atoms with van der Waals surface area (Å²) in [4.78, 5) is 16.5. The van der Waals surface area contributed by atoms with Crippen LogP contribution in [0, 0.1) is 0 Å². The topological polar surface area (TPSA) is 50.7 Å². The average Bonchev–Trinajstić information content (AvgIpc) is 2.89. The lowest BCUT2D eigenvalue weighted by Crippen LogP contribution is -2.24. The zero-order chi connectivity index (χ0) is 15.5. The molecule has 0 fully saturated rings. The summed E-state index contributed by atoms with van der Waals surface area (Å²) in [5.41, 5.74) is 2.13. The second-order valence-corrected chi connectivity index (χ2v) is 5.55. The van der Waals surface area contributed by atoms with Gasteiger partial charge in [-0.15, -0.1) is 0 Å². The third-order valence-corrected chi connectivity index (χ3v) is 3.94. The van der Waals surface area contributed by atoms with E-state index < -0.39 is 0 Å². The van der Waals surface area contributed by atoms with Crippen LogP contribution in [0.1, 0.15) is 11.1 Å². The van der Waals surface area contributed by atoms with Gasteiger partial charge in [-0.3, -0.25) is 4.79 Å². The Hall–Kier alpha value is -2.40. The van der Waals surface area contributed by atoms with Gasteiger partial charge in [0.15, 0.2) is 0 Å². The van der Waals surface area contributed by atoms with Crippen LogP contribution in [0.3, 0.4) is 0 Å². The Morgan fingerprint density at radius 3 is 2.55 bits per heavy atom. The van der Waals surface area contributed by atoms with Crippen molar-refractivity contribution < 1.29 is 9.53 Å². The zero-order valence-electron chi connectivity index (χ0n) is 11.8. The lowest BCUT2D eigenvalue weighted by Gasteiger charge is -2.02. The predicted octanol–water partition coefficient (Wildman–Crippen LogP) is 3.38. The Balaban J connectivity index is 1.92. The number of hydrogen-bond donors (Lipinski definition) is 1. The molecule has 0 aromatic heterocycles. The number of nitrogens with zero attached hydrogens (tertiary/aromatic N) is 1.